The Bertz CT molecular complexity index is 1210. The molecule has 0 radical (unpaired) electrons. The Labute approximate surface area is 183 Å². The standard InChI is InChI=1S/C21H20BrN3O4S/c1-13-3-4-14(2)25(13)16-7-5-15(6-8-16)11-23-30(27,28)20-10-19-18(9-17(20)22)24-21(26)12-29-19/h3-10,23H,11-12H2,1-2H3,(H,24,26). The van der Waals surface area contributed by atoms with Gasteiger partial charge in [0.1, 0.15) is 10.6 Å². The normalized spacial score (nSPS) is 13.5. The zero-order chi connectivity index (χ0) is 21.5. The molecule has 0 fully saturated rings. The first-order valence-electron chi connectivity index (χ1n) is 9.25. The van der Waals surface area contributed by atoms with Gasteiger partial charge in [-0.05, 0) is 65.7 Å². The minimum atomic E-state index is -3.80. The van der Waals surface area contributed by atoms with Crippen LogP contribution in [-0.4, -0.2) is 25.5 Å². The smallest absolute Gasteiger partial charge is 0.262 e. The Hall–Kier alpha value is -2.62. The predicted molar refractivity (Wildman–Crippen MR) is 118 cm³/mol. The molecule has 1 aromatic heterocycles. The second-order valence-electron chi connectivity index (χ2n) is 7.06. The number of nitrogens with zero attached hydrogens (tertiary/aromatic N) is 1. The molecule has 2 heterocycles. The highest BCUT2D eigenvalue weighted by Crippen LogP contribution is 2.35. The number of aromatic nitrogens is 1. The van der Waals surface area contributed by atoms with Crippen LogP contribution in [-0.2, 0) is 21.4 Å². The molecular formula is C21H20BrN3O4S. The summed E-state index contributed by atoms with van der Waals surface area (Å²) < 4.78 is 36.1. The number of aryl methyl sites for hydroxylation is 2. The number of anilines is 1. The quantitative estimate of drug-likeness (QED) is 0.572. The molecule has 0 saturated carbocycles. The average Bonchev–Trinajstić information content (AvgIpc) is 3.04. The maximum Gasteiger partial charge on any atom is 0.262 e. The van der Waals surface area contributed by atoms with Gasteiger partial charge in [0.15, 0.2) is 6.61 Å². The second kappa shape index (κ2) is 7.90. The van der Waals surface area contributed by atoms with E-state index in [1.165, 1.54) is 12.1 Å². The van der Waals surface area contributed by atoms with E-state index in [9.17, 15) is 13.2 Å². The zero-order valence-corrected chi connectivity index (χ0v) is 18.8. The number of sulfonamides is 1. The number of rotatable bonds is 5. The second-order valence-corrected chi connectivity index (χ2v) is 9.65. The van der Waals surface area contributed by atoms with Crippen LogP contribution >= 0.6 is 15.9 Å². The van der Waals surface area contributed by atoms with E-state index in [1.807, 2.05) is 38.1 Å². The SMILES string of the molecule is Cc1ccc(C)n1-c1ccc(CNS(=O)(=O)c2cc3c(cc2Br)NC(=O)CO3)cc1. The highest BCUT2D eigenvalue weighted by atomic mass is 79.9. The van der Waals surface area contributed by atoms with Crippen molar-refractivity contribution < 1.29 is 17.9 Å². The largest absolute Gasteiger partial charge is 0.482 e. The van der Waals surface area contributed by atoms with Gasteiger partial charge in [-0.15, -0.1) is 0 Å². The molecule has 0 aliphatic carbocycles. The fraction of sp³-hybridized carbons (Fsp3) is 0.190. The monoisotopic (exact) mass is 489 g/mol. The number of hydrogen-bond acceptors (Lipinski definition) is 4. The van der Waals surface area contributed by atoms with E-state index in [0.717, 1.165) is 22.6 Å². The van der Waals surface area contributed by atoms with E-state index in [1.54, 1.807) is 0 Å². The van der Waals surface area contributed by atoms with Crippen LogP contribution in [0.4, 0.5) is 5.69 Å². The lowest BCUT2D eigenvalue weighted by atomic mass is 10.2. The molecule has 1 aliphatic rings. The van der Waals surface area contributed by atoms with Crippen LogP contribution in [0.3, 0.4) is 0 Å². The number of fused-ring (bicyclic) bond motifs is 1. The molecule has 0 unspecified atom stereocenters. The third-order valence-corrected chi connectivity index (χ3v) is 7.25. The Morgan fingerprint density at radius 1 is 1.10 bits per heavy atom. The van der Waals surface area contributed by atoms with E-state index >= 15 is 0 Å². The van der Waals surface area contributed by atoms with Crippen molar-refractivity contribution in [1.29, 1.82) is 0 Å². The molecular weight excluding hydrogens is 470 g/mol. The van der Waals surface area contributed by atoms with Gasteiger partial charge >= 0.3 is 0 Å². The molecule has 3 aromatic rings. The van der Waals surface area contributed by atoms with E-state index in [2.05, 4.69) is 42.7 Å². The van der Waals surface area contributed by atoms with Gasteiger partial charge in [-0.3, -0.25) is 4.79 Å². The van der Waals surface area contributed by atoms with Crippen molar-refractivity contribution in [2.75, 3.05) is 11.9 Å². The molecule has 2 aromatic carbocycles. The molecule has 0 spiro atoms. The summed E-state index contributed by atoms with van der Waals surface area (Å²) in [7, 11) is -3.80. The number of carbonyl (C=O) groups is 1. The Morgan fingerprint density at radius 2 is 1.77 bits per heavy atom. The molecule has 2 N–H and O–H groups in total. The van der Waals surface area contributed by atoms with Gasteiger partial charge < -0.3 is 14.6 Å². The summed E-state index contributed by atoms with van der Waals surface area (Å²) in [5.74, 6) is 0.0388. The molecule has 4 rings (SSSR count). The highest BCUT2D eigenvalue weighted by Gasteiger charge is 2.24. The summed E-state index contributed by atoms with van der Waals surface area (Å²) in [5.41, 5.74) is 4.57. The van der Waals surface area contributed by atoms with Gasteiger partial charge in [-0.1, -0.05) is 12.1 Å². The van der Waals surface area contributed by atoms with Crippen molar-refractivity contribution in [2.45, 2.75) is 25.3 Å². The van der Waals surface area contributed by atoms with Crippen LogP contribution in [0.2, 0.25) is 0 Å². The molecule has 0 atom stereocenters. The molecule has 1 amide bonds. The average molecular weight is 490 g/mol. The van der Waals surface area contributed by atoms with Crippen LogP contribution in [0.5, 0.6) is 5.75 Å². The lowest BCUT2D eigenvalue weighted by molar-refractivity contribution is -0.118. The first-order chi connectivity index (χ1) is 14.2. The number of halogens is 1. The molecule has 7 nitrogen and oxygen atoms in total. The van der Waals surface area contributed by atoms with Gasteiger partial charge in [0.25, 0.3) is 5.91 Å². The number of ether oxygens (including phenoxy) is 1. The molecule has 30 heavy (non-hydrogen) atoms. The van der Waals surface area contributed by atoms with E-state index in [0.29, 0.717) is 15.9 Å². The molecule has 0 bridgehead atoms. The van der Waals surface area contributed by atoms with E-state index in [4.69, 9.17) is 4.74 Å². The van der Waals surface area contributed by atoms with Crippen LogP contribution in [0.25, 0.3) is 5.69 Å². The summed E-state index contributed by atoms with van der Waals surface area (Å²) in [5, 5.41) is 2.65. The molecule has 0 saturated heterocycles. The lowest BCUT2D eigenvalue weighted by Crippen LogP contribution is -2.27. The van der Waals surface area contributed by atoms with Crippen LogP contribution in [0.15, 0.2) is 57.9 Å². The number of amides is 1. The summed E-state index contributed by atoms with van der Waals surface area (Å²) in [4.78, 5) is 11.5. The minimum Gasteiger partial charge on any atom is -0.482 e. The van der Waals surface area contributed by atoms with Gasteiger partial charge in [0, 0.05) is 34.2 Å². The zero-order valence-electron chi connectivity index (χ0n) is 16.4. The van der Waals surface area contributed by atoms with Crippen LogP contribution in [0.1, 0.15) is 17.0 Å². The maximum absolute atomic E-state index is 12.8. The van der Waals surface area contributed by atoms with Crippen molar-refractivity contribution in [3.05, 3.63) is 70.0 Å². The van der Waals surface area contributed by atoms with E-state index in [-0.39, 0.29) is 24.0 Å². The van der Waals surface area contributed by atoms with Gasteiger partial charge in [-0.2, -0.15) is 0 Å². The Morgan fingerprint density at radius 3 is 2.43 bits per heavy atom. The number of benzene rings is 2. The number of carbonyl (C=O) groups excluding carboxylic acids is 1. The number of hydrogen-bond donors (Lipinski definition) is 2. The van der Waals surface area contributed by atoms with Gasteiger partial charge in [0.2, 0.25) is 10.0 Å². The third kappa shape index (κ3) is 4.00. The number of nitrogens with one attached hydrogen (secondary N) is 2. The highest BCUT2D eigenvalue weighted by molar-refractivity contribution is 9.10. The third-order valence-electron chi connectivity index (χ3n) is 4.89. The van der Waals surface area contributed by atoms with Crippen LogP contribution in [0, 0.1) is 13.8 Å². The minimum absolute atomic E-state index is 0.0487. The fourth-order valence-corrected chi connectivity index (χ4v) is 5.45. The molecule has 156 valence electrons. The predicted octanol–water partition coefficient (Wildman–Crippen LogP) is 3.67. The maximum atomic E-state index is 12.8. The summed E-state index contributed by atoms with van der Waals surface area (Å²) in [6.07, 6.45) is 0. The first kappa shape index (κ1) is 20.6. The summed E-state index contributed by atoms with van der Waals surface area (Å²) in [6, 6.07) is 14.8. The topological polar surface area (TPSA) is 89.4 Å². The van der Waals surface area contributed by atoms with Crippen molar-refractivity contribution >= 4 is 37.5 Å². The van der Waals surface area contributed by atoms with Crippen molar-refractivity contribution in [1.82, 2.24) is 9.29 Å². The van der Waals surface area contributed by atoms with Crippen LogP contribution < -0.4 is 14.8 Å². The Kier molecular flexibility index (Phi) is 5.44. The Balaban J connectivity index is 1.51. The van der Waals surface area contributed by atoms with Crippen molar-refractivity contribution in [3.63, 3.8) is 0 Å². The molecule has 9 heteroatoms. The summed E-state index contributed by atoms with van der Waals surface area (Å²) >= 11 is 3.27. The first-order valence-corrected chi connectivity index (χ1v) is 11.5. The van der Waals surface area contributed by atoms with Gasteiger partial charge in [0.05, 0.1) is 5.69 Å². The lowest BCUT2D eigenvalue weighted by Gasteiger charge is -2.19. The van der Waals surface area contributed by atoms with E-state index < -0.39 is 10.0 Å². The van der Waals surface area contributed by atoms with Crippen molar-refractivity contribution in [2.24, 2.45) is 0 Å². The van der Waals surface area contributed by atoms with Crippen molar-refractivity contribution in [3.8, 4) is 11.4 Å². The fourth-order valence-electron chi connectivity index (χ4n) is 3.38. The van der Waals surface area contributed by atoms with Gasteiger partial charge in [-0.25, -0.2) is 13.1 Å². The summed E-state index contributed by atoms with van der Waals surface area (Å²) in [6.45, 7) is 4.09. The molecule has 1 aliphatic heterocycles.